The van der Waals surface area contributed by atoms with Crippen LogP contribution in [0.5, 0.6) is 0 Å². The Morgan fingerprint density at radius 1 is 1.20 bits per heavy atom. The molecular weight excluding hydrogens is 246 g/mol. The number of aryl methyl sites for hydroxylation is 1. The summed E-state index contributed by atoms with van der Waals surface area (Å²) in [4.78, 5) is 4.60. The lowest BCUT2D eigenvalue weighted by Crippen LogP contribution is -2.04. The highest BCUT2D eigenvalue weighted by Gasteiger charge is 2.29. The van der Waals surface area contributed by atoms with Crippen molar-refractivity contribution in [1.29, 1.82) is 0 Å². The molecule has 1 fully saturated rings. The SMILES string of the molecule is CCc1cc(C2CC2)n(-c2nccc3ccccc23)n1. The molecule has 3 aromatic rings. The summed E-state index contributed by atoms with van der Waals surface area (Å²) in [6, 6.07) is 12.7. The Labute approximate surface area is 118 Å². The molecule has 100 valence electrons. The number of aromatic nitrogens is 3. The highest BCUT2D eigenvalue weighted by molar-refractivity contribution is 5.88. The van der Waals surface area contributed by atoms with Gasteiger partial charge in [0.2, 0.25) is 0 Å². The number of fused-ring (bicyclic) bond motifs is 1. The predicted molar refractivity (Wildman–Crippen MR) is 80.2 cm³/mol. The monoisotopic (exact) mass is 263 g/mol. The van der Waals surface area contributed by atoms with Crippen LogP contribution < -0.4 is 0 Å². The predicted octanol–water partition coefficient (Wildman–Crippen LogP) is 3.86. The topological polar surface area (TPSA) is 30.7 Å². The van der Waals surface area contributed by atoms with E-state index in [0.717, 1.165) is 17.9 Å². The van der Waals surface area contributed by atoms with E-state index in [1.165, 1.54) is 29.3 Å². The van der Waals surface area contributed by atoms with Gasteiger partial charge >= 0.3 is 0 Å². The summed E-state index contributed by atoms with van der Waals surface area (Å²) in [7, 11) is 0. The van der Waals surface area contributed by atoms with Gasteiger partial charge in [-0.25, -0.2) is 9.67 Å². The Bertz CT molecular complexity index is 764. The van der Waals surface area contributed by atoms with Crippen LogP contribution in [-0.2, 0) is 6.42 Å². The zero-order valence-corrected chi connectivity index (χ0v) is 11.6. The van der Waals surface area contributed by atoms with Gasteiger partial charge in [-0.2, -0.15) is 5.10 Å². The van der Waals surface area contributed by atoms with Crippen molar-refractivity contribution in [2.75, 3.05) is 0 Å². The molecule has 2 aromatic heterocycles. The van der Waals surface area contributed by atoms with Crippen molar-refractivity contribution in [3.05, 3.63) is 54.0 Å². The lowest BCUT2D eigenvalue weighted by atomic mass is 10.1. The smallest absolute Gasteiger partial charge is 0.161 e. The minimum absolute atomic E-state index is 0.670. The fourth-order valence-electron chi connectivity index (χ4n) is 2.73. The van der Waals surface area contributed by atoms with Gasteiger partial charge in [-0.3, -0.25) is 0 Å². The summed E-state index contributed by atoms with van der Waals surface area (Å²) in [6.45, 7) is 2.15. The molecule has 0 atom stereocenters. The second kappa shape index (κ2) is 4.44. The van der Waals surface area contributed by atoms with E-state index in [4.69, 9.17) is 5.10 Å². The fraction of sp³-hybridized carbons (Fsp3) is 0.294. The zero-order valence-electron chi connectivity index (χ0n) is 11.6. The van der Waals surface area contributed by atoms with E-state index in [2.05, 4.69) is 53.0 Å². The van der Waals surface area contributed by atoms with E-state index >= 15 is 0 Å². The lowest BCUT2D eigenvalue weighted by Gasteiger charge is -2.08. The van der Waals surface area contributed by atoms with Crippen LogP contribution in [0.2, 0.25) is 0 Å². The molecule has 1 saturated carbocycles. The molecule has 0 radical (unpaired) electrons. The summed E-state index contributed by atoms with van der Waals surface area (Å²) in [5, 5.41) is 7.15. The van der Waals surface area contributed by atoms with Crippen molar-refractivity contribution < 1.29 is 0 Å². The van der Waals surface area contributed by atoms with Gasteiger partial charge in [-0.05, 0) is 36.8 Å². The van der Waals surface area contributed by atoms with Crippen LogP contribution >= 0.6 is 0 Å². The molecule has 0 bridgehead atoms. The molecule has 1 aromatic carbocycles. The minimum atomic E-state index is 0.670. The van der Waals surface area contributed by atoms with E-state index in [9.17, 15) is 0 Å². The highest BCUT2D eigenvalue weighted by Crippen LogP contribution is 2.41. The lowest BCUT2D eigenvalue weighted by molar-refractivity contribution is 0.774. The van der Waals surface area contributed by atoms with E-state index in [1.54, 1.807) is 0 Å². The molecule has 1 aliphatic rings. The third-order valence-corrected chi connectivity index (χ3v) is 4.00. The summed E-state index contributed by atoms with van der Waals surface area (Å²) in [5.41, 5.74) is 2.48. The molecule has 20 heavy (non-hydrogen) atoms. The van der Waals surface area contributed by atoms with Crippen molar-refractivity contribution in [3.8, 4) is 5.82 Å². The molecule has 0 amide bonds. The van der Waals surface area contributed by atoms with Gasteiger partial charge in [0.05, 0.1) is 5.69 Å². The molecule has 0 unspecified atom stereocenters. The van der Waals surface area contributed by atoms with Gasteiger partial charge in [0.1, 0.15) is 0 Å². The third kappa shape index (κ3) is 1.82. The zero-order chi connectivity index (χ0) is 13.5. The normalized spacial score (nSPS) is 14.8. The number of benzene rings is 1. The van der Waals surface area contributed by atoms with Crippen LogP contribution in [0.3, 0.4) is 0 Å². The maximum atomic E-state index is 4.76. The number of hydrogen-bond donors (Lipinski definition) is 0. The average molecular weight is 263 g/mol. The van der Waals surface area contributed by atoms with E-state index < -0.39 is 0 Å². The molecule has 1 aliphatic carbocycles. The first-order chi connectivity index (χ1) is 9.86. The summed E-state index contributed by atoms with van der Waals surface area (Å²) < 4.78 is 2.07. The first kappa shape index (κ1) is 11.6. The summed E-state index contributed by atoms with van der Waals surface area (Å²) in [5.74, 6) is 1.63. The second-order valence-corrected chi connectivity index (χ2v) is 5.46. The number of hydrogen-bond acceptors (Lipinski definition) is 2. The molecule has 0 saturated heterocycles. The number of pyridine rings is 1. The van der Waals surface area contributed by atoms with Crippen LogP contribution in [-0.4, -0.2) is 14.8 Å². The maximum absolute atomic E-state index is 4.76. The van der Waals surface area contributed by atoms with Crippen LogP contribution in [0.15, 0.2) is 42.6 Å². The molecular formula is C17H17N3. The Kier molecular flexibility index (Phi) is 2.59. The van der Waals surface area contributed by atoms with Crippen LogP contribution in [0.1, 0.15) is 37.1 Å². The Hall–Kier alpha value is -2.16. The third-order valence-electron chi connectivity index (χ3n) is 4.00. The quantitative estimate of drug-likeness (QED) is 0.718. The Morgan fingerprint density at radius 3 is 2.85 bits per heavy atom. The summed E-state index contributed by atoms with van der Waals surface area (Å²) in [6.07, 6.45) is 5.40. The van der Waals surface area contributed by atoms with Crippen molar-refractivity contribution in [2.24, 2.45) is 0 Å². The van der Waals surface area contributed by atoms with E-state index in [0.29, 0.717) is 5.92 Å². The second-order valence-electron chi connectivity index (χ2n) is 5.46. The van der Waals surface area contributed by atoms with Crippen molar-refractivity contribution in [2.45, 2.75) is 32.1 Å². The minimum Gasteiger partial charge on any atom is -0.237 e. The first-order valence-electron chi connectivity index (χ1n) is 7.30. The number of rotatable bonds is 3. The molecule has 2 heterocycles. The molecule has 0 N–H and O–H groups in total. The van der Waals surface area contributed by atoms with Crippen LogP contribution in [0.4, 0.5) is 0 Å². The largest absolute Gasteiger partial charge is 0.237 e. The standard InChI is InChI=1S/C17H17N3/c1-2-14-11-16(13-7-8-13)20(19-14)17-15-6-4-3-5-12(15)9-10-18-17/h3-6,9-11,13H,2,7-8H2,1H3. The van der Waals surface area contributed by atoms with Gasteiger partial charge in [0, 0.05) is 23.2 Å². The molecule has 3 nitrogen and oxygen atoms in total. The highest BCUT2D eigenvalue weighted by atomic mass is 15.3. The molecule has 3 heteroatoms. The molecule has 0 aliphatic heterocycles. The Morgan fingerprint density at radius 2 is 2.05 bits per heavy atom. The molecule has 4 rings (SSSR count). The van der Waals surface area contributed by atoms with Gasteiger partial charge in [-0.1, -0.05) is 31.2 Å². The average Bonchev–Trinajstić information content (AvgIpc) is 3.26. The molecule has 0 spiro atoms. The van der Waals surface area contributed by atoms with Gasteiger partial charge < -0.3 is 0 Å². The van der Waals surface area contributed by atoms with E-state index in [1.807, 2.05) is 6.20 Å². The van der Waals surface area contributed by atoms with Gasteiger partial charge in [0.25, 0.3) is 0 Å². The van der Waals surface area contributed by atoms with Crippen LogP contribution in [0, 0.1) is 0 Å². The first-order valence-corrected chi connectivity index (χ1v) is 7.30. The van der Waals surface area contributed by atoms with Crippen LogP contribution in [0.25, 0.3) is 16.6 Å². The van der Waals surface area contributed by atoms with Crippen molar-refractivity contribution >= 4 is 10.8 Å². The number of nitrogens with zero attached hydrogens (tertiary/aromatic N) is 3. The maximum Gasteiger partial charge on any atom is 0.161 e. The fourth-order valence-corrected chi connectivity index (χ4v) is 2.73. The van der Waals surface area contributed by atoms with Gasteiger partial charge in [-0.15, -0.1) is 0 Å². The van der Waals surface area contributed by atoms with Crippen molar-refractivity contribution in [1.82, 2.24) is 14.8 Å². The van der Waals surface area contributed by atoms with E-state index in [-0.39, 0.29) is 0 Å². The Balaban J connectivity index is 1.96. The van der Waals surface area contributed by atoms with Crippen molar-refractivity contribution in [3.63, 3.8) is 0 Å². The van der Waals surface area contributed by atoms with Gasteiger partial charge in [0.15, 0.2) is 5.82 Å². The summed E-state index contributed by atoms with van der Waals surface area (Å²) >= 11 is 0.